The normalized spacial score (nSPS) is 16.9. The molecule has 174 valence electrons. The first-order chi connectivity index (χ1) is 13.3. The van der Waals surface area contributed by atoms with Crippen LogP contribution in [-0.2, 0) is 4.43 Å². The molecule has 0 aromatic heterocycles. The van der Waals surface area contributed by atoms with Crippen molar-refractivity contribution in [1.29, 1.82) is 0 Å². The van der Waals surface area contributed by atoms with E-state index >= 15 is 0 Å². The Labute approximate surface area is 187 Å². The Morgan fingerprint density at radius 3 is 1.62 bits per heavy atom. The predicted molar refractivity (Wildman–Crippen MR) is 134 cm³/mol. The molecular formula is C24H52O3SiSn. The molecule has 0 aromatic carbocycles. The third-order valence-electron chi connectivity index (χ3n) is 6.92. The number of aliphatic hydroxyl groups is 2. The summed E-state index contributed by atoms with van der Waals surface area (Å²) in [6.45, 7) is 19.5. The van der Waals surface area contributed by atoms with Gasteiger partial charge in [-0.2, -0.15) is 0 Å². The van der Waals surface area contributed by atoms with E-state index in [1.165, 1.54) is 51.8 Å². The van der Waals surface area contributed by atoms with Crippen molar-refractivity contribution in [3.8, 4) is 0 Å². The van der Waals surface area contributed by atoms with Gasteiger partial charge in [0.15, 0.2) is 0 Å². The molecule has 0 bridgehead atoms. The number of hydrogen-bond donors (Lipinski definition) is 2. The topological polar surface area (TPSA) is 49.7 Å². The van der Waals surface area contributed by atoms with Gasteiger partial charge in [0.2, 0.25) is 0 Å². The Balaban J connectivity index is 5.68. The van der Waals surface area contributed by atoms with E-state index < -0.39 is 38.6 Å². The van der Waals surface area contributed by atoms with Crippen molar-refractivity contribution >= 4 is 26.7 Å². The fourth-order valence-electron chi connectivity index (χ4n) is 3.59. The molecule has 0 saturated carbocycles. The zero-order valence-electron chi connectivity index (χ0n) is 21.1. The molecule has 0 unspecified atom stereocenters. The predicted octanol–water partition coefficient (Wildman–Crippen LogP) is 7.41. The first-order valence-electron chi connectivity index (χ1n) is 12.1. The quantitative estimate of drug-likeness (QED) is 0.170. The molecule has 3 nitrogen and oxygen atoms in total. The molecule has 0 saturated heterocycles. The fourth-order valence-corrected chi connectivity index (χ4v) is 19.4. The molecule has 0 aromatic rings. The van der Waals surface area contributed by atoms with E-state index in [1.54, 1.807) is 0 Å². The van der Waals surface area contributed by atoms with Crippen LogP contribution in [-0.4, -0.2) is 48.8 Å². The Hall–Kier alpha value is 0.636. The van der Waals surface area contributed by atoms with Crippen LogP contribution in [0.25, 0.3) is 0 Å². The van der Waals surface area contributed by atoms with Gasteiger partial charge in [0.05, 0.1) is 0 Å². The van der Waals surface area contributed by atoms with Crippen molar-refractivity contribution < 1.29 is 14.6 Å². The van der Waals surface area contributed by atoms with Crippen molar-refractivity contribution in [3.63, 3.8) is 0 Å². The van der Waals surface area contributed by atoms with Crippen molar-refractivity contribution in [2.24, 2.45) is 0 Å². The van der Waals surface area contributed by atoms with Gasteiger partial charge in [-0.3, -0.25) is 0 Å². The van der Waals surface area contributed by atoms with Gasteiger partial charge in [-0.1, -0.05) is 0 Å². The third kappa shape index (κ3) is 9.75. The Morgan fingerprint density at radius 1 is 0.897 bits per heavy atom. The van der Waals surface area contributed by atoms with Crippen LogP contribution in [0, 0.1) is 0 Å². The Bertz CT molecular complexity index is 451. The van der Waals surface area contributed by atoms with E-state index in [0.717, 1.165) is 0 Å². The van der Waals surface area contributed by atoms with Gasteiger partial charge in [0.1, 0.15) is 0 Å². The van der Waals surface area contributed by atoms with Crippen molar-refractivity contribution in [2.75, 3.05) is 0 Å². The fraction of sp³-hybridized carbons (Fsp3) is 0.917. The van der Waals surface area contributed by atoms with Crippen molar-refractivity contribution in [2.45, 2.75) is 137 Å². The molecule has 0 aliphatic rings. The summed E-state index contributed by atoms with van der Waals surface area (Å²) < 4.78 is 12.9. The van der Waals surface area contributed by atoms with Gasteiger partial charge in [-0.15, -0.1) is 0 Å². The van der Waals surface area contributed by atoms with Gasteiger partial charge in [-0.25, -0.2) is 0 Å². The summed E-state index contributed by atoms with van der Waals surface area (Å²) in [6, 6.07) is 0. The van der Waals surface area contributed by atoms with Crippen LogP contribution < -0.4 is 0 Å². The summed E-state index contributed by atoms with van der Waals surface area (Å²) in [5.41, 5.74) is 0. The van der Waals surface area contributed by atoms with E-state index in [1.807, 2.05) is 13.0 Å². The molecule has 2 atom stereocenters. The molecule has 0 radical (unpaired) electrons. The summed E-state index contributed by atoms with van der Waals surface area (Å²) in [4.78, 5) is 0. The molecular weight excluding hydrogens is 483 g/mol. The minimum absolute atomic E-state index is 0.00799. The molecule has 0 aliphatic carbocycles. The van der Waals surface area contributed by atoms with E-state index in [2.05, 4.69) is 58.7 Å². The second kappa shape index (κ2) is 13.2. The summed E-state index contributed by atoms with van der Waals surface area (Å²) in [6.07, 6.45) is 8.97. The standard InChI is InChI=1S/C12H25O3Si.3C4H9.Sn/c1-8-10(13)12(14,9-2)15-16(6,7)11(3,4)5;3*1-3-4-2;/h1,8,10,13-14H,9H2,2-7H3;3*1,3-4H2,2H3;/t10-,12-;;;;/m0..../s1. The molecule has 0 fully saturated rings. The molecule has 0 spiro atoms. The molecule has 0 aliphatic heterocycles. The Morgan fingerprint density at radius 2 is 1.31 bits per heavy atom. The Kier molecular flexibility index (Phi) is 13.5. The van der Waals surface area contributed by atoms with Crippen LogP contribution >= 0.6 is 0 Å². The molecule has 5 heteroatoms. The summed E-state index contributed by atoms with van der Waals surface area (Å²) in [5, 5.41) is 22.3. The molecule has 29 heavy (non-hydrogen) atoms. The van der Waals surface area contributed by atoms with Crippen LogP contribution in [0.15, 0.2) is 10.2 Å². The zero-order valence-corrected chi connectivity index (χ0v) is 25.0. The average molecular weight is 535 g/mol. The molecule has 0 heterocycles. The summed E-state index contributed by atoms with van der Waals surface area (Å²) >= 11 is -2.49. The second-order valence-corrected chi connectivity index (χ2v) is 28.3. The first-order valence-corrected chi connectivity index (χ1v) is 22.7. The van der Waals surface area contributed by atoms with Gasteiger partial charge < -0.3 is 0 Å². The van der Waals surface area contributed by atoms with Gasteiger partial charge in [0.25, 0.3) is 0 Å². The molecule has 0 rings (SSSR count). The van der Waals surface area contributed by atoms with E-state index in [4.69, 9.17) is 4.43 Å². The van der Waals surface area contributed by atoms with Gasteiger partial charge >= 0.3 is 188 Å². The first kappa shape index (κ1) is 29.6. The number of unbranched alkanes of at least 4 members (excludes halogenated alkanes) is 3. The maximum absolute atomic E-state index is 11.2. The number of hydrogen-bond acceptors (Lipinski definition) is 3. The van der Waals surface area contributed by atoms with Crippen LogP contribution in [0.5, 0.6) is 0 Å². The van der Waals surface area contributed by atoms with Crippen molar-refractivity contribution in [1.82, 2.24) is 0 Å². The maximum atomic E-state index is 11.2. The minimum atomic E-state index is -2.49. The molecule has 0 amide bonds. The summed E-state index contributed by atoms with van der Waals surface area (Å²) in [7, 11) is -2.19. The van der Waals surface area contributed by atoms with E-state index in [-0.39, 0.29) is 5.04 Å². The van der Waals surface area contributed by atoms with E-state index in [9.17, 15) is 10.2 Å². The zero-order chi connectivity index (χ0) is 22.8. The van der Waals surface area contributed by atoms with E-state index in [0.29, 0.717) is 6.42 Å². The van der Waals surface area contributed by atoms with Crippen LogP contribution in [0.3, 0.4) is 0 Å². The van der Waals surface area contributed by atoms with Crippen LogP contribution in [0.4, 0.5) is 0 Å². The second-order valence-electron chi connectivity index (χ2n) is 10.5. The average Bonchev–Trinajstić information content (AvgIpc) is 2.65. The third-order valence-corrected chi connectivity index (χ3v) is 25.5. The monoisotopic (exact) mass is 536 g/mol. The van der Waals surface area contributed by atoms with Crippen molar-refractivity contribution in [3.05, 3.63) is 10.2 Å². The van der Waals surface area contributed by atoms with Crippen LogP contribution in [0.1, 0.15) is 93.4 Å². The van der Waals surface area contributed by atoms with Gasteiger partial charge in [0, 0.05) is 0 Å². The number of aliphatic hydroxyl groups excluding tert-OH is 1. The van der Waals surface area contributed by atoms with Crippen LogP contribution in [0.2, 0.25) is 31.4 Å². The SMILES string of the molecule is CCC[CH2][Sn](/[CH]=C/[C@H](O)[C@](O)(CC)O[Si](C)(C)C(C)(C)C)([CH2]CCC)[CH2]CCC. The van der Waals surface area contributed by atoms with Gasteiger partial charge in [-0.05, 0) is 0 Å². The number of rotatable bonds is 15. The molecule has 2 N–H and O–H groups in total. The summed E-state index contributed by atoms with van der Waals surface area (Å²) in [5.74, 6) is -1.49.